The normalized spacial score (nSPS) is 18.4. The van der Waals surface area contributed by atoms with Crippen LogP contribution in [0.1, 0.15) is 38.5 Å². The lowest BCUT2D eigenvalue weighted by Crippen LogP contribution is -2.52. The molecule has 1 saturated carbocycles. The molecule has 2 fully saturated rings. The molecule has 2 aromatic rings. The lowest BCUT2D eigenvalue weighted by molar-refractivity contribution is -0.384. The van der Waals surface area contributed by atoms with Gasteiger partial charge in [-0.15, -0.1) is 11.8 Å². The molecule has 0 spiro atoms. The summed E-state index contributed by atoms with van der Waals surface area (Å²) in [6, 6.07) is 13.1. The van der Waals surface area contributed by atoms with Gasteiger partial charge in [0.25, 0.3) is 21.6 Å². The van der Waals surface area contributed by atoms with Crippen LogP contribution in [0.2, 0.25) is 0 Å². The second-order valence-corrected chi connectivity index (χ2v) is 13.0. The number of likely N-dealkylation sites (tertiary alicyclic amines) is 1. The van der Waals surface area contributed by atoms with E-state index in [1.165, 1.54) is 12.1 Å². The summed E-state index contributed by atoms with van der Waals surface area (Å²) in [5, 5.41) is 15.2. The molecule has 218 valence electrons. The van der Waals surface area contributed by atoms with E-state index in [1.807, 2.05) is 30.3 Å². The number of ether oxygens (including phenoxy) is 1. The van der Waals surface area contributed by atoms with Gasteiger partial charge in [-0.25, -0.2) is 17.5 Å². The van der Waals surface area contributed by atoms with Crippen LogP contribution in [0.5, 0.6) is 0 Å². The molecule has 1 heterocycles. The average molecular weight is 595 g/mol. The molecule has 4 rings (SSSR count). The summed E-state index contributed by atoms with van der Waals surface area (Å²) in [5.74, 6) is -0.603. The topological polar surface area (TPSA) is 131 Å². The Bertz CT molecular complexity index is 1290. The lowest BCUT2D eigenvalue weighted by atomic mass is 9.86. The van der Waals surface area contributed by atoms with Crippen molar-refractivity contribution >= 4 is 39.1 Å². The molecule has 1 atom stereocenters. The van der Waals surface area contributed by atoms with E-state index in [1.54, 1.807) is 23.6 Å². The summed E-state index contributed by atoms with van der Waals surface area (Å²) in [7, 11) is -2.83. The van der Waals surface area contributed by atoms with Crippen molar-refractivity contribution < 1.29 is 27.3 Å². The van der Waals surface area contributed by atoms with Gasteiger partial charge < -0.3 is 10.1 Å². The molecule has 10 nitrogen and oxygen atoms in total. The van der Waals surface area contributed by atoms with Crippen molar-refractivity contribution in [2.45, 2.75) is 66.1 Å². The molecule has 2 aromatic carbocycles. The highest BCUT2D eigenvalue weighted by molar-refractivity contribution is 7.99. The van der Waals surface area contributed by atoms with Crippen molar-refractivity contribution in [3.63, 3.8) is 0 Å². The van der Waals surface area contributed by atoms with Crippen molar-refractivity contribution in [3.8, 4) is 0 Å². The zero-order valence-electron chi connectivity index (χ0n) is 22.4. The number of methoxy groups -OCH3 is 1. The number of alkyl halides is 1. The second kappa shape index (κ2) is 13.3. The van der Waals surface area contributed by atoms with E-state index >= 15 is 4.39 Å². The molecule has 2 aliphatic rings. The number of sulfonamides is 1. The Morgan fingerprint density at radius 3 is 2.55 bits per heavy atom. The molecule has 0 unspecified atom stereocenters. The number of nitro groups is 1. The molecule has 1 aliphatic heterocycles. The number of hydrogen-bond donors (Lipinski definition) is 2. The van der Waals surface area contributed by atoms with E-state index in [-0.39, 0.29) is 30.7 Å². The predicted molar refractivity (Wildman–Crippen MR) is 152 cm³/mol. The van der Waals surface area contributed by atoms with Gasteiger partial charge in [0.2, 0.25) is 0 Å². The predicted octanol–water partition coefficient (Wildman–Crippen LogP) is 4.37. The number of halogens is 1. The van der Waals surface area contributed by atoms with Gasteiger partial charge in [-0.3, -0.25) is 19.8 Å². The van der Waals surface area contributed by atoms with E-state index in [0.717, 1.165) is 37.0 Å². The maximum atomic E-state index is 15.0. The Hall–Kier alpha value is -2.74. The third-order valence-electron chi connectivity index (χ3n) is 7.36. The second-order valence-electron chi connectivity index (χ2n) is 10.3. The van der Waals surface area contributed by atoms with Gasteiger partial charge in [0.1, 0.15) is 5.69 Å². The molecule has 0 aromatic heterocycles. The minimum absolute atomic E-state index is 0.0523. The smallest absolute Gasteiger partial charge is 0.293 e. The lowest BCUT2D eigenvalue weighted by Gasteiger charge is -2.38. The van der Waals surface area contributed by atoms with Crippen LogP contribution < -0.4 is 10.0 Å². The van der Waals surface area contributed by atoms with E-state index in [0.29, 0.717) is 25.0 Å². The van der Waals surface area contributed by atoms with Crippen LogP contribution in [0.4, 0.5) is 15.8 Å². The largest absolute Gasteiger partial charge is 0.379 e. The first-order valence-electron chi connectivity index (χ1n) is 13.3. The van der Waals surface area contributed by atoms with Crippen LogP contribution >= 0.6 is 11.8 Å². The molecule has 1 amide bonds. The standard InChI is InChI=1S/C27H35FN4O6S2/c1-38-21-17-31(18-21)15-12-20(19-39-22-8-4-2-5-9-22)29-24-11-10-23(16-25(24)32(34)35)40(36,37)30-26(33)27(28)13-6-3-7-14-27/h2,4-5,8-11,16,20-21,29H,3,6-7,12-15,17-19H2,1H3,(H,30,33)/t20-/m1/s1. The summed E-state index contributed by atoms with van der Waals surface area (Å²) in [6.07, 6.45) is 2.57. The van der Waals surface area contributed by atoms with Crippen LogP contribution in [0.25, 0.3) is 0 Å². The van der Waals surface area contributed by atoms with E-state index in [2.05, 4.69) is 10.2 Å². The van der Waals surface area contributed by atoms with Crippen LogP contribution in [-0.2, 0) is 19.6 Å². The highest BCUT2D eigenvalue weighted by Gasteiger charge is 2.41. The highest BCUT2D eigenvalue weighted by atomic mass is 32.2. The Kier molecular flexibility index (Phi) is 10.0. The van der Waals surface area contributed by atoms with Gasteiger partial charge in [0.05, 0.1) is 15.9 Å². The minimum atomic E-state index is -4.51. The average Bonchev–Trinajstić information content (AvgIpc) is 2.91. The molecular weight excluding hydrogens is 559 g/mol. The number of carbonyl (C=O) groups is 1. The molecule has 13 heteroatoms. The zero-order valence-corrected chi connectivity index (χ0v) is 24.0. The Labute approximate surface area is 238 Å². The summed E-state index contributed by atoms with van der Waals surface area (Å²) in [4.78, 5) is 26.6. The number of benzene rings is 2. The summed E-state index contributed by atoms with van der Waals surface area (Å²) in [6.45, 7) is 2.42. The van der Waals surface area contributed by atoms with Crippen LogP contribution in [0.15, 0.2) is 58.3 Å². The summed E-state index contributed by atoms with van der Waals surface area (Å²) >= 11 is 1.62. The number of nitrogens with zero attached hydrogens (tertiary/aromatic N) is 2. The van der Waals surface area contributed by atoms with Gasteiger partial charge in [-0.05, 0) is 56.4 Å². The van der Waals surface area contributed by atoms with Crippen molar-refractivity contribution in [1.82, 2.24) is 9.62 Å². The number of hydrogen-bond acceptors (Lipinski definition) is 9. The number of amides is 1. The summed E-state index contributed by atoms with van der Waals surface area (Å²) in [5.41, 5.74) is -2.54. The maximum Gasteiger partial charge on any atom is 0.293 e. The first-order valence-corrected chi connectivity index (χ1v) is 15.8. The summed E-state index contributed by atoms with van der Waals surface area (Å²) < 4.78 is 48.0. The van der Waals surface area contributed by atoms with Gasteiger partial charge >= 0.3 is 0 Å². The van der Waals surface area contributed by atoms with Crippen molar-refractivity contribution in [1.29, 1.82) is 0 Å². The van der Waals surface area contributed by atoms with Crippen molar-refractivity contribution in [2.75, 3.05) is 37.8 Å². The third-order valence-corrected chi connectivity index (χ3v) is 9.86. The Morgan fingerprint density at radius 1 is 1.20 bits per heavy atom. The number of thioether (sulfide) groups is 1. The quantitative estimate of drug-likeness (QED) is 0.197. The van der Waals surface area contributed by atoms with E-state index in [4.69, 9.17) is 4.74 Å². The van der Waals surface area contributed by atoms with Crippen LogP contribution in [-0.4, -0.2) is 74.5 Å². The van der Waals surface area contributed by atoms with Crippen LogP contribution in [0, 0.1) is 10.1 Å². The van der Waals surface area contributed by atoms with Gasteiger partial charge in [0.15, 0.2) is 5.67 Å². The molecule has 0 radical (unpaired) electrons. The molecular formula is C27H35FN4O6S2. The monoisotopic (exact) mass is 594 g/mol. The Morgan fingerprint density at radius 2 is 1.90 bits per heavy atom. The molecule has 1 aliphatic carbocycles. The number of nitro benzene ring substituents is 1. The van der Waals surface area contributed by atoms with Crippen LogP contribution in [0.3, 0.4) is 0 Å². The minimum Gasteiger partial charge on any atom is -0.379 e. The maximum absolute atomic E-state index is 15.0. The van der Waals surface area contributed by atoms with Crippen molar-refractivity contribution in [2.24, 2.45) is 0 Å². The Balaban J connectivity index is 1.49. The molecule has 0 bridgehead atoms. The molecule has 2 N–H and O–H groups in total. The number of rotatable bonds is 13. The first-order chi connectivity index (χ1) is 19.1. The van der Waals surface area contributed by atoms with E-state index in [9.17, 15) is 23.3 Å². The number of anilines is 1. The number of nitrogens with one attached hydrogen (secondary N) is 2. The van der Waals surface area contributed by atoms with E-state index < -0.39 is 37.1 Å². The van der Waals surface area contributed by atoms with Gasteiger partial charge in [-0.1, -0.05) is 24.6 Å². The van der Waals surface area contributed by atoms with Gasteiger partial charge in [0, 0.05) is 49.5 Å². The molecule has 1 saturated heterocycles. The fourth-order valence-corrected chi connectivity index (χ4v) is 6.94. The van der Waals surface area contributed by atoms with Crippen molar-refractivity contribution in [3.05, 3.63) is 58.6 Å². The fraction of sp³-hybridized carbons (Fsp3) is 0.519. The first kappa shape index (κ1) is 30.2. The molecule has 40 heavy (non-hydrogen) atoms. The zero-order chi connectivity index (χ0) is 28.8. The SMILES string of the molecule is COC1CN(CC[C@H](CSc2ccccc2)Nc2ccc(S(=O)(=O)NC(=O)C3(F)CCCCC3)cc2[N+](=O)[O-])C1. The highest BCUT2D eigenvalue weighted by Crippen LogP contribution is 2.33. The number of carbonyl (C=O) groups excluding carboxylic acids is 1. The third kappa shape index (κ3) is 7.71. The van der Waals surface area contributed by atoms with Gasteiger partial charge in [-0.2, -0.15) is 0 Å². The fourth-order valence-electron chi connectivity index (χ4n) is 4.89.